The smallest absolute Gasteiger partial charge is 0.275 e. The van der Waals surface area contributed by atoms with E-state index in [4.69, 9.17) is 11.6 Å². The molecule has 0 amide bonds. The van der Waals surface area contributed by atoms with Crippen molar-refractivity contribution in [3.05, 3.63) is 74.8 Å². The second-order valence-electron chi connectivity index (χ2n) is 4.75. The fourth-order valence-electron chi connectivity index (χ4n) is 2.30. The summed E-state index contributed by atoms with van der Waals surface area (Å²) in [5.74, 6) is 0. The van der Waals surface area contributed by atoms with Crippen LogP contribution in [0.1, 0.15) is 30.5 Å². The summed E-state index contributed by atoms with van der Waals surface area (Å²) in [6.07, 6.45) is 0.891. The largest absolute Gasteiger partial charge is 0.306 e. The minimum Gasteiger partial charge on any atom is -0.306 e. The zero-order valence-electron chi connectivity index (χ0n) is 11.8. The van der Waals surface area contributed by atoms with Gasteiger partial charge in [-0.25, -0.2) is 0 Å². The van der Waals surface area contributed by atoms with Crippen LogP contribution >= 0.6 is 11.6 Å². The number of benzene rings is 2. The highest BCUT2D eigenvalue weighted by atomic mass is 35.5. The van der Waals surface area contributed by atoms with E-state index < -0.39 is 4.92 Å². The van der Waals surface area contributed by atoms with Gasteiger partial charge in [0.15, 0.2) is 0 Å². The molecule has 0 spiro atoms. The van der Waals surface area contributed by atoms with Gasteiger partial charge < -0.3 is 5.32 Å². The van der Waals surface area contributed by atoms with Crippen LogP contribution < -0.4 is 5.32 Å². The van der Waals surface area contributed by atoms with Crippen LogP contribution in [0.15, 0.2) is 48.5 Å². The summed E-state index contributed by atoms with van der Waals surface area (Å²) in [4.78, 5) is 10.7. The van der Waals surface area contributed by atoms with Gasteiger partial charge in [0, 0.05) is 18.7 Å². The van der Waals surface area contributed by atoms with E-state index in [1.807, 2.05) is 30.3 Å². The van der Waals surface area contributed by atoms with Gasteiger partial charge in [0.1, 0.15) is 0 Å². The predicted octanol–water partition coefficient (Wildman–Crippen LogP) is 4.49. The fourth-order valence-corrected chi connectivity index (χ4v) is 2.54. The maximum atomic E-state index is 11.1. The lowest BCUT2D eigenvalue weighted by atomic mass is 10.0. The van der Waals surface area contributed by atoms with Gasteiger partial charge in [0.2, 0.25) is 0 Å². The van der Waals surface area contributed by atoms with Gasteiger partial charge in [0.25, 0.3) is 5.69 Å². The molecule has 2 rings (SSSR count). The molecule has 0 aromatic heterocycles. The molecule has 5 heteroatoms. The van der Waals surface area contributed by atoms with E-state index >= 15 is 0 Å². The third-order valence-electron chi connectivity index (χ3n) is 3.43. The number of halogens is 1. The molecule has 1 atom stereocenters. The average Bonchev–Trinajstić information content (AvgIpc) is 2.50. The van der Waals surface area contributed by atoms with E-state index in [2.05, 4.69) is 12.2 Å². The molecule has 0 aliphatic heterocycles. The lowest BCUT2D eigenvalue weighted by molar-refractivity contribution is -0.385. The van der Waals surface area contributed by atoms with E-state index in [0.717, 1.165) is 12.0 Å². The summed E-state index contributed by atoms with van der Waals surface area (Å²) in [5.41, 5.74) is 1.74. The molecule has 1 N–H and O–H groups in total. The first-order valence-electron chi connectivity index (χ1n) is 6.83. The van der Waals surface area contributed by atoms with Crippen LogP contribution in [0.25, 0.3) is 0 Å². The highest BCUT2D eigenvalue weighted by molar-refractivity contribution is 6.31. The summed E-state index contributed by atoms with van der Waals surface area (Å²) in [7, 11) is 0. The number of nitrogens with one attached hydrogen (secondary N) is 1. The quantitative estimate of drug-likeness (QED) is 0.632. The Hall–Kier alpha value is -1.91. The molecule has 2 aromatic rings. The Morgan fingerprint density at radius 3 is 2.52 bits per heavy atom. The van der Waals surface area contributed by atoms with Gasteiger partial charge in [0.05, 0.1) is 15.5 Å². The molecular formula is C16H17ClN2O2. The molecule has 0 saturated heterocycles. The normalized spacial score (nSPS) is 12.1. The number of nitro groups is 1. The number of rotatable bonds is 6. The number of hydrogen-bond acceptors (Lipinski definition) is 3. The second-order valence-corrected chi connectivity index (χ2v) is 5.15. The standard InChI is InChI=1S/C16H17ClN2O2/c1-2-15(12-7-4-3-5-8-12)18-11-13-14(17)9-6-10-16(13)19(20)21/h3-10,15,18H,2,11H2,1H3. The Morgan fingerprint density at radius 2 is 1.90 bits per heavy atom. The third-order valence-corrected chi connectivity index (χ3v) is 3.78. The molecule has 0 bridgehead atoms. The summed E-state index contributed by atoms with van der Waals surface area (Å²) in [6.45, 7) is 2.44. The van der Waals surface area contributed by atoms with Crippen molar-refractivity contribution < 1.29 is 4.92 Å². The van der Waals surface area contributed by atoms with Crippen molar-refractivity contribution in [1.82, 2.24) is 5.32 Å². The van der Waals surface area contributed by atoms with E-state index in [1.54, 1.807) is 12.1 Å². The van der Waals surface area contributed by atoms with Crippen LogP contribution in [0.3, 0.4) is 0 Å². The van der Waals surface area contributed by atoms with Crippen LogP contribution in [-0.4, -0.2) is 4.92 Å². The molecule has 0 fully saturated rings. The topological polar surface area (TPSA) is 55.2 Å². The van der Waals surface area contributed by atoms with Gasteiger partial charge in [-0.15, -0.1) is 0 Å². The summed E-state index contributed by atoms with van der Waals surface area (Å²) in [5, 5.41) is 14.8. The lowest BCUT2D eigenvalue weighted by Gasteiger charge is -2.18. The van der Waals surface area contributed by atoms with Crippen molar-refractivity contribution in [2.45, 2.75) is 25.9 Å². The molecule has 21 heavy (non-hydrogen) atoms. The van der Waals surface area contributed by atoms with Crippen LogP contribution in [-0.2, 0) is 6.54 Å². The van der Waals surface area contributed by atoms with Gasteiger partial charge >= 0.3 is 0 Å². The SMILES string of the molecule is CCC(NCc1c(Cl)cccc1[N+](=O)[O-])c1ccccc1. The second kappa shape index (κ2) is 7.20. The molecule has 0 heterocycles. The monoisotopic (exact) mass is 304 g/mol. The van der Waals surface area contributed by atoms with E-state index in [-0.39, 0.29) is 11.7 Å². The van der Waals surface area contributed by atoms with Crippen LogP contribution in [0.4, 0.5) is 5.69 Å². The number of hydrogen-bond donors (Lipinski definition) is 1. The minimum absolute atomic E-state index is 0.0536. The van der Waals surface area contributed by atoms with Gasteiger partial charge in [-0.2, -0.15) is 0 Å². The van der Waals surface area contributed by atoms with Crippen molar-refractivity contribution in [3.8, 4) is 0 Å². The third kappa shape index (κ3) is 3.80. The van der Waals surface area contributed by atoms with Crippen molar-refractivity contribution in [1.29, 1.82) is 0 Å². The molecule has 1 unspecified atom stereocenters. The number of nitro benzene ring substituents is 1. The van der Waals surface area contributed by atoms with Crippen LogP contribution in [0.2, 0.25) is 5.02 Å². The molecule has 0 aliphatic carbocycles. The lowest BCUT2D eigenvalue weighted by Crippen LogP contribution is -2.21. The maximum Gasteiger partial charge on any atom is 0.275 e. The van der Waals surface area contributed by atoms with E-state index in [0.29, 0.717) is 17.1 Å². The fraction of sp³-hybridized carbons (Fsp3) is 0.250. The zero-order valence-corrected chi connectivity index (χ0v) is 12.5. The van der Waals surface area contributed by atoms with Crippen LogP contribution in [0, 0.1) is 10.1 Å². The van der Waals surface area contributed by atoms with Crippen molar-refractivity contribution in [2.24, 2.45) is 0 Å². The predicted molar refractivity (Wildman–Crippen MR) is 84.4 cm³/mol. The molecule has 4 nitrogen and oxygen atoms in total. The van der Waals surface area contributed by atoms with Crippen molar-refractivity contribution in [2.75, 3.05) is 0 Å². The van der Waals surface area contributed by atoms with E-state index in [1.165, 1.54) is 6.07 Å². The molecule has 0 radical (unpaired) electrons. The molecule has 2 aromatic carbocycles. The van der Waals surface area contributed by atoms with E-state index in [9.17, 15) is 10.1 Å². The first kappa shape index (κ1) is 15.5. The molecular weight excluding hydrogens is 288 g/mol. The number of nitrogens with zero attached hydrogens (tertiary/aromatic N) is 1. The van der Waals surface area contributed by atoms with Gasteiger partial charge in [-0.3, -0.25) is 10.1 Å². The van der Waals surface area contributed by atoms with Crippen LogP contribution in [0.5, 0.6) is 0 Å². The minimum atomic E-state index is -0.396. The highest BCUT2D eigenvalue weighted by Gasteiger charge is 2.17. The summed E-state index contributed by atoms with van der Waals surface area (Å²) >= 11 is 6.10. The summed E-state index contributed by atoms with van der Waals surface area (Å²) in [6, 6.07) is 14.9. The van der Waals surface area contributed by atoms with Crippen molar-refractivity contribution >= 4 is 17.3 Å². The Balaban J connectivity index is 2.17. The Labute approximate surface area is 128 Å². The average molecular weight is 305 g/mol. The van der Waals surface area contributed by atoms with Crippen molar-refractivity contribution in [3.63, 3.8) is 0 Å². The summed E-state index contributed by atoms with van der Waals surface area (Å²) < 4.78 is 0. The maximum absolute atomic E-state index is 11.1. The van der Waals surface area contributed by atoms with Gasteiger partial charge in [-0.1, -0.05) is 54.9 Å². The molecule has 110 valence electrons. The Morgan fingerprint density at radius 1 is 1.19 bits per heavy atom. The first-order chi connectivity index (χ1) is 10.1. The highest BCUT2D eigenvalue weighted by Crippen LogP contribution is 2.27. The Kier molecular flexibility index (Phi) is 5.31. The van der Waals surface area contributed by atoms with Gasteiger partial charge in [-0.05, 0) is 18.1 Å². The zero-order chi connectivity index (χ0) is 15.2. The Bertz CT molecular complexity index is 617. The molecule has 0 aliphatic rings. The first-order valence-corrected chi connectivity index (χ1v) is 7.21. The molecule has 0 saturated carbocycles.